The molecule has 11 heavy (non-hydrogen) atoms. The molecule has 0 bridgehead atoms. The summed E-state index contributed by atoms with van der Waals surface area (Å²) < 4.78 is 29.5. The van der Waals surface area contributed by atoms with Crippen LogP contribution in [0.2, 0.25) is 0 Å². The first-order valence-corrected chi connectivity index (χ1v) is 3.49. The van der Waals surface area contributed by atoms with Crippen LogP contribution in [0.4, 0.5) is 8.78 Å². The second-order valence-electron chi connectivity index (χ2n) is 1.75. The normalized spacial score (nSPS) is 9.82. The summed E-state index contributed by atoms with van der Waals surface area (Å²) in [6, 6.07) is 0. The quantitative estimate of drug-likeness (QED) is 0.681. The summed E-state index contributed by atoms with van der Waals surface area (Å²) in [5, 5.41) is 0. The highest BCUT2D eigenvalue weighted by atomic mass is 79.9. The number of rotatable bonds is 1. The maximum absolute atomic E-state index is 12.8. The van der Waals surface area contributed by atoms with Gasteiger partial charge in [0.2, 0.25) is 5.95 Å². The molecule has 0 unspecified atom stereocenters. The molecule has 5 heteroatoms. The molecule has 0 atom stereocenters. The van der Waals surface area contributed by atoms with Gasteiger partial charge in [-0.3, -0.25) is 0 Å². The lowest BCUT2D eigenvalue weighted by Crippen LogP contribution is -1.94. The molecule has 1 aromatic heterocycles. The molecule has 0 amide bonds. The van der Waals surface area contributed by atoms with E-state index in [2.05, 4.69) is 25.7 Å². The van der Waals surface area contributed by atoms with Crippen LogP contribution in [0.1, 0.15) is 0 Å². The zero-order valence-electron chi connectivity index (χ0n) is 5.57. The maximum atomic E-state index is 12.8. The highest BCUT2D eigenvalue weighted by molar-refractivity contribution is 9.10. The van der Waals surface area contributed by atoms with Gasteiger partial charge < -0.3 is 4.74 Å². The zero-order chi connectivity index (χ0) is 8.43. The summed E-state index contributed by atoms with van der Waals surface area (Å²) in [5.41, 5.74) is 0. The topological polar surface area (TPSA) is 22.1 Å². The summed E-state index contributed by atoms with van der Waals surface area (Å²) in [6.07, 6.45) is 0.982. The van der Waals surface area contributed by atoms with Crippen LogP contribution in [0.15, 0.2) is 10.7 Å². The van der Waals surface area contributed by atoms with Crippen molar-refractivity contribution in [1.29, 1.82) is 0 Å². The van der Waals surface area contributed by atoms with Gasteiger partial charge in [-0.1, -0.05) is 0 Å². The van der Waals surface area contributed by atoms with Crippen LogP contribution >= 0.6 is 15.9 Å². The van der Waals surface area contributed by atoms with E-state index < -0.39 is 11.8 Å². The molecule has 0 saturated heterocycles. The van der Waals surface area contributed by atoms with E-state index in [9.17, 15) is 8.78 Å². The van der Waals surface area contributed by atoms with Gasteiger partial charge in [-0.05, 0) is 15.9 Å². The van der Waals surface area contributed by atoms with Crippen molar-refractivity contribution in [2.75, 3.05) is 7.11 Å². The number of methoxy groups -OCH3 is 1. The van der Waals surface area contributed by atoms with Gasteiger partial charge in [0, 0.05) is 0 Å². The summed E-state index contributed by atoms with van der Waals surface area (Å²) in [4.78, 5) is 3.23. The molecule has 0 aromatic carbocycles. The molecule has 0 aliphatic carbocycles. The van der Waals surface area contributed by atoms with E-state index in [0.717, 1.165) is 6.20 Å². The third-order valence-corrected chi connectivity index (χ3v) is 1.78. The molecular weight excluding hydrogens is 220 g/mol. The highest BCUT2D eigenvalue weighted by Gasteiger charge is 2.11. The first-order valence-electron chi connectivity index (χ1n) is 2.70. The maximum Gasteiger partial charge on any atom is 0.230 e. The van der Waals surface area contributed by atoms with Crippen LogP contribution in [0, 0.1) is 11.8 Å². The van der Waals surface area contributed by atoms with Crippen molar-refractivity contribution in [3.8, 4) is 5.75 Å². The Kier molecular flexibility index (Phi) is 2.38. The third-order valence-electron chi connectivity index (χ3n) is 1.11. The van der Waals surface area contributed by atoms with E-state index in [0.29, 0.717) is 0 Å². The molecule has 0 aliphatic heterocycles. The van der Waals surface area contributed by atoms with Crippen LogP contribution in [0.25, 0.3) is 0 Å². The predicted molar refractivity (Wildman–Crippen MR) is 38.4 cm³/mol. The van der Waals surface area contributed by atoms with E-state index in [1.54, 1.807) is 0 Å². The SMILES string of the molecule is COc1cnc(F)c(Br)c1F. The highest BCUT2D eigenvalue weighted by Crippen LogP contribution is 2.24. The smallest absolute Gasteiger partial charge is 0.230 e. The van der Waals surface area contributed by atoms with Gasteiger partial charge in [-0.2, -0.15) is 4.39 Å². The molecule has 0 aliphatic rings. The number of pyridine rings is 1. The number of nitrogens with zero attached hydrogens (tertiary/aromatic N) is 1. The number of hydrogen-bond acceptors (Lipinski definition) is 2. The van der Waals surface area contributed by atoms with E-state index in [4.69, 9.17) is 0 Å². The number of ether oxygens (including phenoxy) is 1. The fraction of sp³-hybridized carbons (Fsp3) is 0.167. The van der Waals surface area contributed by atoms with Gasteiger partial charge >= 0.3 is 0 Å². The largest absolute Gasteiger partial charge is 0.492 e. The Morgan fingerprint density at radius 2 is 2.18 bits per heavy atom. The van der Waals surface area contributed by atoms with Crippen molar-refractivity contribution < 1.29 is 13.5 Å². The Hall–Kier alpha value is -0.710. The summed E-state index contributed by atoms with van der Waals surface area (Å²) >= 11 is 2.68. The molecule has 0 spiro atoms. The first kappa shape index (κ1) is 8.39. The van der Waals surface area contributed by atoms with Crippen molar-refractivity contribution in [3.05, 3.63) is 22.4 Å². The minimum atomic E-state index is -0.886. The molecule has 0 N–H and O–H groups in total. The molecule has 0 saturated carbocycles. The Morgan fingerprint density at radius 1 is 1.55 bits per heavy atom. The molecule has 1 aromatic rings. The summed E-state index contributed by atoms with van der Waals surface area (Å²) in [7, 11) is 1.28. The summed E-state index contributed by atoms with van der Waals surface area (Å²) in [6.45, 7) is 0. The predicted octanol–water partition coefficient (Wildman–Crippen LogP) is 2.13. The van der Waals surface area contributed by atoms with Gasteiger partial charge in [-0.25, -0.2) is 9.37 Å². The monoisotopic (exact) mass is 223 g/mol. The third kappa shape index (κ3) is 1.48. The van der Waals surface area contributed by atoms with E-state index >= 15 is 0 Å². The molecule has 2 nitrogen and oxygen atoms in total. The van der Waals surface area contributed by atoms with Crippen LogP contribution < -0.4 is 4.74 Å². The van der Waals surface area contributed by atoms with E-state index in [1.807, 2.05) is 0 Å². The van der Waals surface area contributed by atoms with E-state index in [-0.39, 0.29) is 10.2 Å². The lowest BCUT2D eigenvalue weighted by molar-refractivity contribution is 0.377. The van der Waals surface area contributed by atoms with E-state index in [1.165, 1.54) is 7.11 Å². The van der Waals surface area contributed by atoms with Gasteiger partial charge in [-0.15, -0.1) is 0 Å². The van der Waals surface area contributed by atoms with Crippen molar-refractivity contribution >= 4 is 15.9 Å². The van der Waals surface area contributed by atoms with Crippen LogP contribution in [-0.2, 0) is 0 Å². The second-order valence-corrected chi connectivity index (χ2v) is 2.54. The molecule has 0 radical (unpaired) electrons. The minimum Gasteiger partial charge on any atom is -0.492 e. The minimum absolute atomic E-state index is 0.0849. The molecule has 1 rings (SSSR count). The van der Waals surface area contributed by atoms with Crippen molar-refractivity contribution in [2.24, 2.45) is 0 Å². The van der Waals surface area contributed by atoms with Crippen LogP contribution in [-0.4, -0.2) is 12.1 Å². The molecule has 1 heterocycles. The standard InChI is InChI=1S/C6H4BrF2NO/c1-11-3-2-10-6(9)4(7)5(3)8/h2H,1H3. The first-order chi connectivity index (χ1) is 5.16. The Balaban J connectivity index is 3.25. The van der Waals surface area contributed by atoms with Gasteiger partial charge in [0.25, 0.3) is 0 Å². The van der Waals surface area contributed by atoms with Crippen molar-refractivity contribution in [1.82, 2.24) is 4.98 Å². The molecule has 60 valence electrons. The number of halogens is 3. The Labute approximate surface area is 70.3 Å². The lowest BCUT2D eigenvalue weighted by atomic mass is 10.4. The number of aromatic nitrogens is 1. The van der Waals surface area contributed by atoms with Crippen LogP contribution in [0.5, 0.6) is 5.75 Å². The Bertz CT molecular complexity index is 280. The van der Waals surface area contributed by atoms with Gasteiger partial charge in [0.15, 0.2) is 11.6 Å². The zero-order valence-corrected chi connectivity index (χ0v) is 7.15. The average molecular weight is 224 g/mol. The second kappa shape index (κ2) is 3.13. The van der Waals surface area contributed by atoms with Crippen molar-refractivity contribution in [2.45, 2.75) is 0 Å². The molecular formula is C6H4BrF2NO. The fourth-order valence-corrected chi connectivity index (χ4v) is 0.867. The number of hydrogen-bond donors (Lipinski definition) is 0. The van der Waals surface area contributed by atoms with Gasteiger partial charge in [0.05, 0.1) is 13.3 Å². The lowest BCUT2D eigenvalue weighted by Gasteiger charge is -2.01. The summed E-state index contributed by atoms with van der Waals surface area (Å²) in [5.74, 6) is -1.75. The fourth-order valence-electron chi connectivity index (χ4n) is 0.570. The Morgan fingerprint density at radius 3 is 2.73 bits per heavy atom. The van der Waals surface area contributed by atoms with Gasteiger partial charge in [0.1, 0.15) is 4.47 Å². The molecule has 0 fully saturated rings. The van der Waals surface area contributed by atoms with Crippen molar-refractivity contribution in [3.63, 3.8) is 0 Å². The van der Waals surface area contributed by atoms with Crippen LogP contribution in [0.3, 0.4) is 0 Å². The average Bonchev–Trinajstić information content (AvgIpc) is 2.01.